The highest BCUT2D eigenvalue weighted by molar-refractivity contribution is 6.05. The van der Waals surface area contributed by atoms with Crippen LogP contribution in [0.3, 0.4) is 0 Å². The fraction of sp³-hybridized carbons (Fsp3) is 0.857. The maximum Gasteiger partial charge on any atom is 0.230 e. The molecule has 0 bridgehead atoms. The van der Waals surface area contributed by atoms with Crippen molar-refractivity contribution in [1.82, 2.24) is 9.80 Å². The molecule has 0 aromatic rings. The molecule has 0 aliphatic carbocycles. The van der Waals surface area contributed by atoms with Crippen LogP contribution in [0.4, 0.5) is 0 Å². The van der Waals surface area contributed by atoms with Crippen LogP contribution >= 0.6 is 0 Å². The molecule has 5 heteroatoms. The number of hydrogen-bond acceptors (Lipinski definition) is 4. The number of nitrogens with zero attached hydrogens (tertiary/aromatic N) is 2. The van der Waals surface area contributed by atoms with E-state index in [-0.39, 0.29) is 24.2 Å². The molecule has 1 atom stereocenters. The Morgan fingerprint density at radius 1 is 1.16 bits per heavy atom. The van der Waals surface area contributed by atoms with Crippen LogP contribution in [-0.4, -0.2) is 66.4 Å². The largest absolute Gasteiger partial charge is 0.377 e. The van der Waals surface area contributed by atoms with Crippen LogP contribution in [0.2, 0.25) is 0 Å². The van der Waals surface area contributed by atoms with Gasteiger partial charge >= 0.3 is 0 Å². The SMILES string of the molecule is O=C1CC(=O)N(C2CCN(CC3CCCO3)CC2)C1. The molecule has 3 saturated heterocycles. The third kappa shape index (κ3) is 2.98. The Bertz CT molecular complexity index is 358. The van der Waals surface area contributed by atoms with E-state index in [1.165, 1.54) is 12.8 Å². The fourth-order valence-corrected chi connectivity index (χ4v) is 3.43. The molecule has 0 aromatic heterocycles. The van der Waals surface area contributed by atoms with Crippen LogP contribution in [-0.2, 0) is 14.3 Å². The maximum atomic E-state index is 11.7. The van der Waals surface area contributed by atoms with E-state index >= 15 is 0 Å². The van der Waals surface area contributed by atoms with Crippen molar-refractivity contribution in [3.8, 4) is 0 Å². The first-order valence-electron chi connectivity index (χ1n) is 7.37. The van der Waals surface area contributed by atoms with E-state index in [1.54, 1.807) is 4.90 Å². The summed E-state index contributed by atoms with van der Waals surface area (Å²) in [6.07, 6.45) is 4.88. The molecular weight excluding hydrogens is 244 g/mol. The molecule has 1 unspecified atom stereocenters. The van der Waals surface area contributed by atoms with Crippen molar-refractivity contribution in [2.24, 2.45) is 0 Å². The average Bonchev–Trinajstić information content (AvgIpc) is 3.00. The normalized spacial score (nSPS) is 30.5. The molecule has 0 aromatic carbocycles. The van der Waals surface area contributed by atoms with Crippen molar-refractivity contribution >= 4 is 11.7 Å². The summed E-state index contributed by atoms with van der Waals surface area (Å²) in [4.78, 5) is 27.3. The van der Waals surface area contributed by atoms with Crippen molar-refractivity contribution < 1.29 is 14.3 Å². The summed E-state index contributed by atoms with van der Waals surface area (Å²) < 4.78 is 5.66. The Hall–Kier alpha value is -0.940. The predicted octanol–water partition coefficient (Wildman–Crippen LogP) is 0.431. The molecule has 0 radical (unpaired) electrons. The number of rotatable bonds is 3. The summed E-state index contributed by atoms with van der Waals surface area (Å²) in [5, 5.41) is 0. The first-order chi connectivity index (χ1) is 9.22. The third-order valence-corrected chi connectivity index (χ3v) is 4.50. The van der Waals surface area contributed by atoms with Crippen LogP contribution in [0, 0.1) is 0 Å². The molecule has 0 spiro atoms. The van der Waals surface area contributed by atoms with Crippen molar-refractivity contribution in [2.75, 3.05) is 32.8 Å². The third-order valence-electron chi connectivity index (χ3n) is 4.50. The molecule has 3 aliphatic rings. The minimum absolute atomic E-state index is 0.0302. The van der Waals surface area contributed by atoms with Crippen molar-refractivity contribution in [1.29, 1.82) is 0 Å². The monoisotopic (exact) mass is 266 g/mol. The van der Waals surface area contributed by atoms with E-state index in [9.17, 15) is 9.59 Å². The minimum Gasteiger partial charge on any atom is -0.377 e. The molecule has 3 fully saturated rings. The number of ketones is 1. The fourth-order valence-electron chi connectivity index (χ4n) is 3.43. The van der Waals surface area contributed by atoms with Gasteiger partial charge in [0.05, 0.1) is 19.1 Å². The summed E-state index contributed by atoms with van der Waals surface area (Å²) in [5.74, 6) is 0.106. The Morgan fingerprint density at radius 3 is 2.53 bits per heavy atom. The standard InChI is InChI=1S/C14H22N2O3/c17-12-8-14(18)16(9-12)11-3-5-15(6-4-11)10-13-2-1-7-19-13/h11,13H,1-10H2. The van der Waals surface area contributed by atoms with Gasteiger partial charge in [-0.3, -0.25) is 9.59 Å². The highest BCUT2D eigenvalue weighted by Gasteiger charge is 2.35. The van der Waals surface area contributed by atoms with E-state index in [2.05, 4.69) is 4.90 Å². The van der Waals surface area contributed by atoms with E-state index < -0.39 is 0 Å². The lowest BCUT2D eigenvalue weighted by Crippen LogP contribution is -2.47. The Labute approximate surface area is 113 Å². The zero-order chi connectivity index (χ0) is 13.2. The molecule has 3 aliphatic heterocycles. The first-order valence-corrected chi connectivity index (χ1v) is 7.37. The van der Waals surface area contributed by atoms with Crippen LogP contribution in [0.25, 0.3) is 0 Å². The maximum absolute atomic E-state index is 11.7. The van der Waals surface area contributed by atoms with Gasteiger partial charge in [0.15, 0.2) is 5.78 Å². The number of hydrogen-bond donors (Lipinski definition) is 0. The van der Waals surface area contributed by atoms with Gasteiger partial charge in [0.2, 0.25) is 5.91 Å². The highest BCUT2D eigenvalue weighted by Crippen LogP contribution is 2.22. The molecule has 1 amide bonds. The molecule has 5 nitrogen and oxygen atoms in total. The lowest BCUT2D eigenvalue weighted by atomic mass is 10.0. The molecule has 0 N–H and O–H groups in total. The summed E-state index contributed by atoms with van der Waals surface area (Å²) in [6, 6.07) is 0.277. The molecule has 0 saturated carbocycles. The molecule has 3 rings (SSSR count). The number of ether oxygens (including phenoxy) is 1. The Morgan fingerprint density at radius 2 is 1.95 bits per heavy atom. The summed E-state index contributed by atoms with van der Waals surface area (Å²) in [5.41, 5.74) is 0. The van der Waals surface area contributed by atoms with E-state index in [1.807, 2.05) is 0 Å². The Kier molecular flexibility index (Phi) is 3.84. The molecular formula is C14H22N2O3. The van der Waals surface area contributed by atoms with Gasteiger partial charge in [-0.15, -0.1) is 0 Å². The van der Waals surface area contributed by atoms with E-state index in [4.69, 9.17) is 4.74 Å². The second-order valence-electron chi connectivity index (χ2n) is 5.90. The topological polar surface area (TPSA) is 49.9 Å². The number of piperidine rings is 1. The summed E-state index contributed by atoms with van der Waals surface area (Å²) in [6.45, 7) is 4.31. The lowest BCUT2D eigenvalue weighted by molar-refractivity contribution is -0.130. The van der Waals surface area contributed by atoms with Gasteiger partial charge in [0.25, 0.3) is 0 Å². The summed E-state index contributed by atoms with van der Waals surface area (Å²) >= 11 is 0. The van der Waals surface area contributed by atoms with Gasteiger partial charge in [-0.25, -0.2) is 0 Å². The number of likely N-dealkylation sites (tertiary alicyclic amines) is 2. The number of Topliss-reactive ketones (excluding diaryl/α,β-unsaturated/α-hetero) is 1. The van der Waals surface area contributed by atoms with Crippen molar-refractivity contribution in [3.63, 3.8) is 0 Å². The first kappa shape index (κ1) is 13.1. The Balaban J connectivity index is 1.46. The average molecular weight is 266 g/mol. The van der Waals surface area contributed by atoms with E-state index in [0.29, 0.717) is 12.6 Å². The second kappa shape index (κ2) is 5.59. The van der Waals surface area contributed by atoms with Gasteiger partial charge in [-0.2, -0.15) is 0 Å². The number of amides is 1. The number of carbonyl (C=O) groups is 2. The smallest absolute Gasteiger partial charge is 0.230 e. The van der Waals surface area contributed by atoms with Gasteiger partial charge in [-0.1, -0.05) is 0 Å². The quantitative estimate of drug-likeness (QED) is 0.695. The second-order valence-corrected chi connectivity index (χ2v) is 5.90. The summed E-state index contributed by atoms with van der Waals surface area (Å²) in [7, 11) is 0. The number of carbonyl (C=O) groups excluding carboxylic acids is 2. The predicted molar refractivity (Wildman–Crippen MR) is 69.8 cm³/mol. The van der Waals surface area contributed by atoms with Crippen LogP contribution in [0.15, 0.2) is 0 Å². The van der Waals surface area contributed by atoms with Crippen LogP contribution in [0.1, 0.15) is 32.1 Å². The van der Waals surface area contributed by atoms with Crippen LogP contribution in [0.5, 0.6) is 0 Å². The highest BCUT2D eigenvalue weighted by atomic mass is 16.5. The molecule has 3 heterocycles. The van der Waals surface area contributed by atoms with Gasteiger partial charge in [0, 0.05) is 32.3 Å². The minimum atomic E-state index is 0.0302. The zero-order valence-corrected chi connectivity index (χ0v) is 11.3. The van der Waals surface area contributed by atoms with Crippen molar-refractivity contribution in [3.05, 3.63) is 0 Å². The van der Waals surface area contributed by atoms with Crippen LogP contribution < -0.4 is 0 Å². The van der Waals surface area contributed by atoms with Gasteiger partial charge in [-0.05, 0) is 25.7 Å². The van der Waals surface area contributed by atoms with Gasteiger partial charge in [0.1, 0.15) is 0 Å². The molecule has 106 valence electrons. The van der Waals surface area contributed by atoms with E-state index in [0.717, 1.165) is 39.1 Å². The van der Waals surface area contributed by atoms with Gasteiger partial charge < -0.3 is 14.5 Å². The molecule has 19 heavy (non-hydrogen) atoms. The zero-order valence-electron chi connectivity index (χ0n) is 11.3. The van der Waals surface area contributed by atoms with Crippen molar-refractivity contribution in [2.45, 2.75) is 44.2 Å². The lowest BCUT2D eigenvalue weighted by Gasteiger charge is -2.37.